The van der Waals surface area contributed by atoms with E-state index in [-0.39, 0.29) is 23.4 Å². The first-order valence-corrected chi connectivity index (χ1v) is 8.75. The number of carbonyl (C=O) groups is 2. The lowest BCUT2D eigenvalue weighted by molar-refractivity contribution is -0.123. The van der Waals surface area contributed by atoms with Gasteiger partial charge in [0.05, 0.1) is 24.7 Å². The average Bonchev–Trinajstić information content (AvgIpc) is 3.27. The Balaban J connectivity index is 0.000000260. The van der Waals surface area contributed by atoms with E-state index in [9.17, 15) is 9.59 Å². The van der Waals surface area contributed by atoms with Gasteiger partial charge >= 0.3 is 0 Å². The predicted octanol–water partition coefficient (Wildman–Crippen LogP) is 1.01. The Morgan fingerprint density at radius 2 is 1.19 bits per heavy atom. The van der Waals surface area contributed by atoms with Crippen LogP contribution < -0.4 is 11.5 Å². The quantitative estimate of drug-likeness (QED) is 0.552. The van der Waals surface area contributed by atoms with Crippen molar-refractivity contribution in [2.24, 2.45) is 23.3 Å². The fourth-order valence-corrected chi connectivity index (χ4v) is 2.32. The Labute approximate surface area is 154 Å². The van der Waals surface area contributed by atoms with E-state index in [1.807, 2.05) is 27.7 Å². The molecule has 26 heavy (non-hydrogen) atoms. The molecule has 2 heterocycles. The highest BCUT2D eigenvalue weighted by Crippen LogP contribution is 2.04. The fourth-order valence-electron chi connectivity index (χ4n) is 2.32. The second-order valence-corrected chi connectivity index (χ2v) is 6.89. The lowest BCUT2D eigenvalue weighted by Gasteiger charge is -2.11. The summed E-state index contributed by atoms with van der Waals surface area (Å²) < 4.78 is 0. The Kier molecular flexibility index (Phi) is 8.87. The van der Waals surface area contributed by atoms with Gasteiger partial charge in [-0.2, -0.15) is 0 Å². The SMILES string of the molecule is CC(C)C(=O)[C@@H](N)Cc1cnc[nH]1.CC(C)C(=O)[C@H](N)Cc1cnc[nH]1. The molecular weight excluding hydrogens is 332 g/mol. The van der Waals surface area contributed by atoms with E-state index < -0.39 is 12.1 Å². The van der Waals surface area contributed by atoms with Crippen LogP contribution in [0.1, 0.15) is 39.1 Å². The number of ketones is 2. The van der Waals surface area contributed by atoms with Gasteiger partial charge in [0, 0.05) is 48.5 Å². The minimum atomic E-state index is -0.416. The summed E-state index contributed by atoms with van der Waals surface area (Å²) in [4.78, 5) is 36.4. The van der Waals surface area contributed by atoms with Crippen molar-refractivity contribution in [3.05, 3.63) is 36.4 Å². The van der Waals surface area contributed by atoms with E-state index in [4.69, 9.17) is 11.5 Å². The molecule has 0 unspecified atom stereocenters. The van der Waals surface area contributed by atoms with Gasteiger partial charge < -0.3 is 21.4 Å². The molecule has 0 radical (unpaired) electrons. The monoisotopic (exact) mass is 362 g/mol. The summed E-state index contributed by atoms with van der Waals surface area (Å²) in [7, 11) is 0. The zero-order valence-corrected chi connectivity index (χ0v) is 15.9. The molecule has 2 aromatic heterocycles. The Morgan fingerprint density at radius 1 is 0.846 bits per heavy atom. The molecule has 2 rings (SSSR count). The molecule has 144 valence electrons. The van der Waals surface area contributed by atoms with E-state index >= 15 is 0 Å². The van der Waals surface area contributed by atoms with Gasteiger partial charge in [0.2, 0.25) is 0 Å². The molecule has 0 bridgehead atoms. The van der Waals surface area contributed by atoms with Gasteiger partial charge in [0.1, 0.15) is 0 Å². The number of hydrogen-bond acceptors (Lipinski definition) is 6. The molecule has 0 aliphatic carbocycles. The molecule has 0 aliphatic rings. The van der Waals surface area contributed by atoms with Crippen LogP contribution in [0.2, 0.25) is 0 Å². The number of Topliss-reactive ketones (excluding diaryl/α,β-unsaturated/α-hetero) is 2. The molecule has 0 aliphatic heterocycles. The van der Waals surface area contributed by atoms with Gasteiger partial charge in [-0.15, -0.1) is 0 Å². The summed E-state index contributed by atoms with van der Waals surface area (Å²) >= 11 is 0. The maximum Gasteiger partial charge on any atom is 0.152 e. The molecule has 8 nitrogen and oxygen atoms in total. The van der Waals surface area contributed by atoms with Crippen molar-refractivity contribution in [3.8, 4) is 0 Å². The number of aromatic amines is 2. The zero-order valence-electron chi connectivity index (χ0n) is 15.9. The van der Waals surface area contributed by atoms with Gasteiger partial charge in [-0.25, -0.2) is 9.97 Å². The summed E-state index contributed by atoms with van der Waals surface area (Å²) in [6.07, 6.45) is 7.62. The highest BCUT2D eigenvalue weighted by Gasteiger charge is 2.18. The third kappa shape index (κ3) is 7.28. The van der Waals surface area contributed by atoms with Crippen LogP contribution in [-0.4, -0.2) is 43.6 Å². The van der Waals surface area contributed by atoms with Crippen molar-refractivity contribution in [3.63, 3.8) is 0 Å². The second kappa shape index (κ2) is 10.6. The molecule has 0 saturated carbocycles. The molecule has 0 spiro atoms. The van der Waals surface area contributed by atoms with E-state index in [0.717, 1.165) is 11.4 Å². The summed E-state index contributed by atoms with van der Waals surface area (Å²) in [5, 5.41) is 0. The topological polar surface area (TPSA) is 144 Å². The fraction of sp³-hybridized carbons (Fsp3) is 0.556. The van der Waals surface area contributed by atoms with Crippen molar-refractivity contribution in [1.29, 1.82) is 0 Å². The number of rotatable bonds is 8. The predicted molar refractivity (Wildman–Crippen MR) is 100 cm³/mol. The number of carbonyl (C=O) groups excluding carboxylic acids is 2. The first kappa shape index (κ1) is 21.7. The van der Waals surface area contributed by atoms with Gasteiger partial charge in [-0.3, -0.25) is 9.59 Å². The Morgan fingerprint density at radius 3 is 1.42 bits per heavy atom. The maximum atomic E-state index is 11.4. The van der Waals surface area contributed by atoms with E-state index in [0.29, 0.717) is 12.8 Å². The van der Waals surface area contributed by atoms with Gasteiger partial charge in [-0.1, -0.05) is 27.7 Å². The smallest absolute Gasteiger partial charge is 0.152 e. The molecular formula is C18H30N6O2. The zero-order chi connectivity index (χ0) is 19.7. The van der Waals surface area contributed by atoms with Gasteiger partial charge in [0.15, 0.2) is 11.6 Å². The van der Waals surface area contributed by atoms with Crippen LogP contribution in [-0.2, 0) is 22.4 Å². The summed E-state index contributed by atoms with van der Waals surface area (Å²) in [6, 6.07) is -0.833. The van der Waals surface area contributed by atoms with Gasteiger partial charge in [-0.05, 0) is 0 Å². The van der Waals surface area contributed by atoms with Crippen LogP contribution in [0, 0.1) is 11.8 Å². The maximum absolute atomic E-state index is 11.4. The highest BCUT2D eigenvalue weighted by atomic mass is 16.1. The summed E-state index contributed by atoms with van der Waals surface area (Å²) in [5.74, 6) is 0.181. The Bertz CT molecular complexity index is 591. The highest BCUT2D eigenvalue weighted by molar-refractivity contribution is 5.86. The van der Waals surface area contributed by atoms with Gasteiger partial charge in [0.25, 0.3) is 0 Å². The molecule has 0 saturated heterocycles. The number of imidazole rings is 2. The van der Waals surface area contributed by atoms with Crippen molar-refractivity contribution in [2.45, 2.75) is 52.6 Å². The third-order valence-electron chi connectivity index (χ3n) is 3.86. The van der Waals surface area contributed by atoms with Crippen molar-refractivity contribution >= 4 is 11.6 Å². The number of nitrogens with zero attached hydrogens (tertiary/aromatic N) is 2. The first-order valence-electron chi connectivity index (χ1n) is 8.75. The molecule has 2 aromatic rings. The minimum Gasteiger partial charge on any atom is -0.348 e. The number of hydrogen-bond donors (Lipinski definition) is 4. The van der Waals surface area contributed by atoms with Crippen LogP contribution in [0.15, 0.2) is 25.0 Å². The van der Waals surface area contributed by atoms with Crippen LogP contribution in [0.25, 0.3) is 0 Å². The van der Waals surface area contributed by atoms with Crippen LogP contribution in [0.4, 0.5) is 0 Å². The molecule has 0 amide bonds. The van der Waals surface area contributed by atoms with Crippen LogP contribution in [0.5, 0.6) is 0 Å². The van der Waals surface area contributed by atoms with Crippen molar-refractivity contribution in [2.75, 3.05) is 0 Å². The third-order valence-corrected chi connectivity index (χ3v) is 3.86. The van der Waals surface area contributed by atoms with Crippen molar-refractivity contribution in [1.82, 2.24) is 19.9 Å². The molecule has 6 N–H and O–H groups in total. The summed E-state index contributed by atoms with van der Waals surface area (Å²) in [5.41, 5.74) is 13.2. The molecule has 8 heteroatoms. The standard InChI is InChI=1S/2C9H15N3O/c2*1-6(2)9(13)8(10)3-7-4-11-5-12-7/h2*4-6,8H,3,10H2,1-2H3,(H,11,12)/t2*8-/m10/s1. The summed E-state index contributed by atoms with van der Waals surface area (Å²) in [6.45, 7) is 7.43. The molecule has 0 fully saturated rings. The van der Waals surface area contributed by atoms with E-state index in [1.165, 1.54) is 0 Å². The number of nitrogens with two attached hydrogens (primary N) is 2. The second-order valence-electron chi connectivity index (χ2n) is 6.89. The number of aromatic nitrogens is 4. The Hall–Kier alpha value is -2.32. The first-order chi connectivity index (χ1) is 12.2. The normalized spacial score (nSPS) is 13.2. The molecule has 2 atom stereocenters. The average molecular weight is 362 g/mol. The molecule has 0 aromatic carbocycles. The number of nitrogens with one attached hydrogen (secondary N) is 2. The van der Waals surface area contributed by atoms with Crippen molar-refractivity contribution < 1.29 is 9.59 Å². The van der Waals surface area contributed by atoms with E-state index in [1.54, 1.807) is 25.0 Å². The lowest BCUT2D eigenvalue weighted by atomic mass is 9.99. The van der Waals surface area contributed by atoms with Crippen LogP contribution >= 0.6 is 0 Å². The lowest BCUT2D eigenvalue weighted by Crippen LogP contribution is -2.35. The largest absolute Gasteiger partial charge is 0.348 e. The van der Waals surface area contributed by atoms with E-state index in [2.05, 4.69) is 19.9 Å². The van der Waals surface area contributed by atoms with Crippen LogP contribution in [0.3, 0.4) is 0 Å². The minimum absolute atomic E-state index is 0.00192. The number of H-pyrrole nitrogens is 2.